The molecule has 3 fully saturated rings. The van der Waals surface area contributed by atoms with Crippen LogP contribution in [-0.4, -0.2) is 44.8 Å². The predicted molar refractivity (Wildman–Crippen MR) is 77.6 cm³/mol. The van der Waals surface area contributed by atoms with Crippen LogP contribution in [0, 0.1) is 11.8 Å². The summed E-state index contributed by atoms with van der Waals surface area (Å²) in [5.41, 5.74) is 0. The summed E-state index contributed by atoms with van der Waals surface area (Å²) in [6.45, 7) is 1.64. The second kappa shape index (κ2) is 5.31. The number of likely N-dealkylation sites (tertiary alicyclic amines) is 1. The van der Waals surface area contributed by atoms with E-state index in [-0.39, 0.29) is 6.03 Å². The van der Waals surface area contributed by atoms with E-state index in [0.717, 1.165) is 37.8 Å². The molecule has 1 aromatic heterocycles. The Morgan fingerprint density at radius 3 is 2.29 bits per heavy atom. The summed E-state index contributed by atoms with van der Waals surface area (Å²) in [5.74, 6) is 1.52. The van der Waals surface area contributed by atoms with E-state index in [0.29, 0.717) is 12.1 Å². The first-order valence-electron chi connectivity index (χ1n) is 8.21. The van der Waals surface area contributed by atoms with Crippen molar-refractivity contribution in [3.05, 3.63) is 12.7 Å². The molecule has 1 aliphatic heterocycles. The molecule has 4 rings (SSSR count). The van der Waals surface area contributed by atoms with Crippen molar-refractivity contribution in [2.75, 3.05) is 13.1 Å². The maximum absolute atomic E-state index is 12.4. The Bertz CT molecular complexity index is 474. The van der Waals surface area contributed by atoms with E-state index >= 15 is 0 Å². The van der Waals surface area contributed by atoms with Crippen LogP contribution in [0.4, 0.5) is 4.79 Å². The summed E-state index contributed by atoms with van der Waals surface area (Å²) < 4.78 is 1.92. The number of piperidine rings is 1. The van der Waals surface area contributed by atoms with E-state index in [1.165, 1.54) is 25.7 Å². The van der Waals surface area contributed by atoms with Crippen LogP contribution < -0.4 is 5.32 Å². The average Bonchev–Trinajstić information content (AvgIpc) is 3.44. The van der Waals surface area contributed by atoms with Crippen molar-refractivity contribution < 1.29 is 4.79 Å². The van der Waals surface area contributed by atoms with Crippen molar-refractivity contribution in [2.24, 2.45) is 11.8 Å². The lowest BCUT2D eigenvalue weighted by molar-refractivity contribution is 0.162. The van der Waals surface area contributed by atoms with Crippen LogP contribution in [0.25, 0.3) is 0 Å². The molecule has 0 atom stereocenters. The fourth-order valence-electron chi connectivity index (χ4n) is 3.50. The van der Waals surface area contributed by atoms with Crippen LogP contribution in [0.2, 0.25) is 0 Å². The third kappa shape index (κ3) is 2.89. The molecule has 0 aromatic carbocycles. The first-order chi connectivity index (χ1) is 10.3. The highest BCUT2D eigenvalue weighted by Crippen LogP contribution is 2.44. The van der Waals surface area contributed by atoms with Crippen LogP contribution in [0.3, 0.4) is 0 Å². The number of nitrogens with one attached hydrogen (secondary N) is 1. The van der Waals surface area contributed by atoms with Gasteiger partial charge in [-0.25, -0.2) is 14.5 Å². The maximum atomic E-state index is 12.4. The van der Waals surface area contributed by atoms with Gasteiger partial charge in [-0.2, -0.15) is 5.10 Å². The van der Waals surface area contributed by atoms with Crippen molar-refractivity contribution in [3.63, 3.8) is 0 Å². The van der Waals surface area contributed by atoms with E-state index in [4.69, 9.17) is 0 Å². The molecule has 0 bridgehead atoms. The monoisotopic (exact) mass is 289 g/mol. The van der Waals surface area contributed by atoms with E-state index in [1.54, 1.807) is 12.7 Å². The second-order valence-electron chi connectivity index (χ2n) is 6.74. The summed E-state index contributed by atoms with van der Waals surface area (Å²) in [4.78, 5) is 18.4. The Labute approximate surface area is 124 Å². The predicted octanol–water partition coefficient (Wildman–Crippen LogP) is 1.81. The smallest absolute Gasteiger partial charge is 0.317 e. The lowest BCUT2D eigenvalue weighted by atomic mass is 10.1. The molecule has 1 saturated heterocycles. The van der Waals surface area contributed by atoms with Crippen LogP contribution in [0.15, 0.2) is 12.7 Å². The average molecular weight is 289 g/mol. The van der Waals surface area contributed by atoms with Crippen LogP contribution in [0.1, 0.15) is 44.6 Å². The number of urea groups is 1. The minimum Gasteiger partial charge on any atom is -0.335 e. The molecule has 0 spiro atoms. The first kappa shape index (κ1) is 13.1. The van der Waals surface area contributed by atoms with Crippen LogP contribution >= 0.6 is 0 Å². The molecule has 21 heavy (non-hydrogen) atoms. The quantitative estimate of drug-likeness (QED) is 0.919. The molecule has 1 N–H and O–H groups in total. The minimum absolute atomic E-state index is 0.149. The molecule has 6 nitrogen and oxygen atoms in total. The molecule has 2 amide bonds. The fraction of sp³-hybridized carbons (Fsp3) is 0.800. The van der Waals surface area contributed by atoms with Gasteiger partial charge in [-0.15, -0.1) is 0 Å². The number of aromatic nitrogens is 3. The van der Waals surface area contributed by atoms with Gasteiger partial charge in [0.2, 0.25) is 0 Å². The zero-order chi connectivity index (χ0) is 14.2. The standard InChI is InChI=1S/C15H23N5O/c21-15(18-14(11-1-2-11)12-3-4-12)19-7-5-13(6-8-19)20-10-16-9-17-20/h9-14H,1-8H2,(H,18,21). The van der Waals surface area contributed by atoms with Crippen LogP contribution in [0.5, 0.6) is 0 Å². The Hall–Kier alpha value is -1.59. The number of amides is 2. The highest BCUT2D eigenvalue weighted by atomic mass is 16.2. The molecule has 6 heteroatoms. The van der Waals surface area contributed by atoms with E-state index in [2.05, 4.69) is 15.4 Å². The second-order valence-corrected chi connectivity index (χ2v) is 6.74. The van der Waals surface area contributed by atoms with Gasteiger partial charge in [0.25, 0.3) is 0 Å². The van der Waals surface area contributed by atoms with Gasteiger partial charge in [-0.3, -0.25) is 0 Å². The van der Waals surface area contributed by atoms with Crippen molar-refractivity contribution >= 4 is 6.03 Å². The molecule has 2 aliphatic carbocycles. The van der Waals surface area contributed by atoms with Crippen LogP contribution in [-0.2, 0) is 0 Å². The maximum Gasteiger partial charge on any atom is 0.317 e. The van der Waals surface area contributed by atoms with Gasteiger partial charge in [0.1, 0.15) is 12.7 Å². The van der Waals surface area contributed by atoms with Gasteiger partial charge in [0.05, 0.1) is 6.04 Å². The Morgan fingerprint density at radius 2 is 1.76 bits per heavy atom. The summed E-state index contributed by atoms with van der Waals surface area (Å²) in [7, 11) is 0. The normalized spacial score (nSPS) is 23.6. The van der Waals surface area contributed by atoms with Gasteiger partial charge in [-0.05, 0) is 50.4 Å². The molecular weight excluding hydrogens is 266 g/mol. The molecule has 2 saturated carbocycles. The number of hydrogen-bond acceptors (Lipinski definition) is 3. The number of hydrogen-bond donors (Lipinski definition) is 1. The van der Waals surface area contributed by atoms with Crippen molar-refractivity contribution in [1.82, 2.24) is 25.0 Å². The lowest BCUT2D eigenvalue weighted by Crippen LogP contribution is -2.49. The largest absolute Gasteiger partial charge is 0.335 e. The minimum atomic E-state index is 0.149. The highest BCUT2D eigenvalue weighted by Gasteiger charge is 2.42. The molecule has 1 aromatic rings. The van der Waals surface area contributed by atoms with Gasteiger partial charge < -0.3 is 10.2 Å². The zero-order valence-corrected chi connectivity index (χ0v) is 12.3. The lowest BCUT2D eigenvalue weighted by Gasteiger charge is -2.33. The van der Waals surface area contributed by atoms with Gasteiger partial charge >= 0.3 is 6.03 Å². The highest BCUT2D eigenvalue weighted by molar-refractivity contribution is 5.74. The van der Waals surface area contributed by atoms with Gasteiger partial charge in [0.15, 0.2) is 0 Å². The van der Waals surface area contributed by atoms with Gasteiger partial charge in [-0.1, -0.05) is 0 Å². The van der Waals surface area contributed by atoms with Crippen molar-refractivity contribution in [3.8, 4) is 0 Å². The molecular formula is C15H23N5O. The Morgan fingerprint density at radius 1 is 1.10 bits per heavy atom. The van der Waals surface area contributed by atoms with E-state index < -0.39 is 0 Å². The molecule has 0 unspecified atom stereocenters. The third-order valence-electron chi connectivity index (χ3n) is 5.11. The molecule has 3 aliphatic rings. The SMILES string of the molecule is O=C(NC(C1CC1)C1CC1)N1CCC(n2cncn2)CC1. The summed E-state index contributed by atoms with van der Waals surface area (Å²) in [5, 5.41) is 7.52. The van der Waals surface area contributed by atoms with Gasteiger partial charge in [0, 0.05) is 19.1 Å². The summed E-state index contributed by atoms with van der Waals surface area (Å²) in [6, 6.07) is 0.987. The molecule has 0 radical (unpaired) electrons. The fourth-order valence-corrected chi connectivity index (χ4v) is 3.50. The first-order valence-corrected chi connectivity index (χ1v) is 8.21. The summed E-state index contributed by atoms with van der Waals surface area (Å²) in [6.07, 6.45) is 10.5. The molecule has 114 valence electrons. The number of nitrogens with zero attached hydrogens (tertiary/aromatic N) is 4. The number of rotatable bonds is 4. The summed E-state index contributed by atoms with van der Waals surface area (Å²) >= 11 is 0. The number of carbonyl (C=O) groups excluding carboxylic acids is 1. The third-order valence-corrected chi connectivity index (χ3v) is 5.11. The van der Waals surface area contributed by atoms with E-state index in [9.17, 15) is 4.79 Å². The zero-order valence-electron chi connectivity index (χ0n) is 12.3. The van der Waals surface area contributed by atoms with Crippen molar-refractivity contribution in [1.29, 1.82) is 0 Å². The topological polar surface area (TPSA) is 63.1 Å². The Balaban J connectivity index is 1.30. The number of carbonyl (C=O) groups is 1. The van der Waals surface area contributed by atoms with E-state index in [1.807, 2.05) is 9.58 Å². The molecule has 2 heterocycles. The van der Waals surface area contributed by atoms with Crippen molar-refractivity contribution in [2.45, 2.75) is 50.6 Å². The Kier molecular flexibility index (Phi) is 3.31.